The lowest BCUT2D eigenvalue weighted by Crippen LogP contribution is -2.32. The quantitative estimate of drug-likeness (QED) is 0.169. The van der Waals surface area contributed by atoms with Gasteiger partial charge in [0.15, 0.2) is 0 Å². The molecule has 2 heterocycles. The van der Waals surface area contributed by atoms with Crippen LogP contribution in [0.4, 0.5) is 0 Å². The van der Waals surface area contributed by atoms with E-state index in [-0.39, 0.29) is 11.3 Å². The Hall–Kier alpha value is -7.04. The summed E-state index contributed by atoms with van der Waals surface area (Å²) in [5.41, 5.74) is 15.6. The average Bonchev–Trinajstić information content (AvgIpc) is 3.79. The van der Waals surface area contributed by atoms with E-state index in [1.165, 1.54) is 77.0 Å². The van der Waals surface area contributed by atoms with Crippen molar-refractivity contribution >= 4 is 43.6 Å². The van der Waals surface area contributed by atoms with Gasteiger partial charge in [0.25, 0.3) is 0 Å². The first-order chi connectivity index (χ1) is 28.4. The Morgan fingerprint density at radius 2 is 0.966 bits per heavy atom. The third-order valence-corrected chi connectivity index (χ3v) is 12.7. The van der Waals surface area contributed by atoms with Crippen LogP contribution in [0.15, 0.2) is 176 Å². The molecule has 11 rings (SSSR count). The number of nitrogens with zero attached hydrogens (tertiary/aromatic N) is 2. The van der Waals surface area contributed by atoms with Crippen molar-refractivity contribution in [2.75, 3.05) is 14.2 Å². The van der Waals surface area contributed by atoms with Gasteiger partial charge in [-0.15, -0.1) is 0 Å². The fourth-order valence-corrected chi connectivity index (χ4v) is 9.98. The first-order valence-corrected chi connectivity index (χ1v) is 20.0. The summed E-state index contributed by atoms with van der Waals surface area (Å²) in [5.74, 6) is 1.84. The van der Waals surface area contributed by atoms with Crippen LogP contribution < -0.4 is 9.47 Å². The van der Waals surface area contributed by atoms with Gasteiger partial charge >= 0.3 is 0 Å². The SMILES string of the molecule is COc1ccc2c(c1)-c1cc(-c3ccc4c(c3)c3cc(OC)ccc3n4-c3ccccc3)ccc1C(C)(C)C2c1ccc(-n2c3ccccc3c3ccccc32)cc1. The van der Waals surface area contributed by atoms with Crippen molar-refractivity contribution in [3.63, 3.8) is 0 Å². The molecule has 4 heteroatoms. The number of hydrogen-bond acceptors (Lipinski definition) is 2. The predicted octanol–water partition coefficient (Wildman–Crippen LogP) is 13.7. The Bertz CT molecular complexity index is 3170. The smallest absolute Gasteiger partial charge is 0.119 e. The molecule has 0 aliphatic heterocycles. The second-order valence-electron chi connectivity index (χ2n) is 16.1. The van der Waals surface area contributed by atoms with E-state index in [0.29, 0.717) is 0 Å². The highest BCUT2D eigenvalue weighted by Gasteiger charge is 2.41. The Morgan fingerprint density at radius 1 is 0.431 bits per heavy atom. The minimum absolute atomic E-state index is 0.134. The Kier molecular flexibility index (Phi) is 7.68. The van der Waals surface area contributed by atoms with E-state index in [4.69, 9.17) is 9.47 Å². The molecule has 0 saturated carbocycles. The standard InChI is InChI=1S/C54H42N2O2/c1-54(2)48-27-20-35(36-21-28-51-46(31-36)47-33-40(58-4)25-29-52(47)55(51)37-12-6-5-7-13-37)30-45(48)44-32-39(57-3)24-26-43(44)53(54)34-18-22-38(23-19-34)56-49-16-10-8-14-41(49)42-15-9-11-17-50(42)56/h5-33,53H,1-4H3. The molecule has 0 saturated heterocycles. The second kappa shape index (κ2) is 13.0. The Morgan fingerprint density at radius 3 is 1.66 bits per heavy atom. The predicted molar refractivity (Wildman–Crippen MR) is 240 cm³/mol. The van der Waals surface area contributed by atoms with E-state index in [9.17, 15) is 0 Å². The number of hydrogen-bond donors (Lipinski definition) is 0. The number of rotatable bonds is 6. The maximum Gasteiger partial charge on any atom is 0.119 e. The van der Waals surface area contributed by atoms with Gasteiger partial charge in [0.2, 0.25) is 0 Å². The topological polar surface area (TPSA) is 28.3 Å². The first-order valence-electron chi connectivity index (χ1n) is 20.0. The highest BCUT2D eigenvalue weighted by atomic mass is 16.5. The molecule has 1 unspecified atom stereocenters. The fourth-order valence-electron chi connectivity index (χ4n) is 9.98. The third-order valence-electron chi connectivity index (χ3n) is 12.7. The highest BCUT2D eigenvalue weighted by molar-refractivity contribution is 6.11. The molecule has 0 bridgehead atoms. The molecule has 58 heavy (non-hydrogen) atoms. The number of para-hydroxylation sites is 3. The van der Waals surface area contributed by atoms with Crippen molar-refractivity contribution in [3.8, 4) is 45.1 Å². The third kappa shape index (κ3) is 5.08. The van der Waals surface area contributed by atoms with Crippen molar-refractivity contribution in [2.24, 2.45) is 0 Å². The van der Waals surface area contributed by atoms with E-state index < -0.39 is 0 Å². The van der Waals surface area contributed by atoms with Gasteiger partial charge in [0.1, 0.15) is 11.5 Å². The van der Waals surface area contributed by atoms with Gasteiger partial charge in [-0.1, -0.05) is 105 Å². The van der Waals surface area contributed by atoms with Crippen LogP contribution in [-0.4, -0.2) is 23.4 Å². The van der Waals surface area contributed by atoms with Crippen LogP contribution in [0.2, 0.25) is 0 Å². The molecule has 1 aliphatic rings. The van der Waals surface area contributed by atoms with Crippen LogP contribution in [0.25, 0.3) is 77.2 Å². The number of aromatic nitrogens is 2. The lowest BCUT2D eigenvalue weighted by molar-refractivity contribution is 0.413. The molecule has 2 aromatic heterocycles. The highest BCUT2D eigenvalue weighted by Crippen LogP contribution is 2.54. The van der Waals surface area contributed by atoms with Gasteiger partial charge in [-0.05, 0) is 124 Å². The summed E-state index contributed by atoms with van der Waals surface area (Å²) < 4.78 is 16.3. The zero-order valence-corrected chi connectivity index (χ0v) is 33.0. The summed E-state index contributed by atoms with van der Waals surface area (Å²) in [4.78, 5) is 0. The normalized spacial score (nSPS) is 14.5. The average molecular weight is 751 g/mol. The second-order valence-corrected chi connectivity index (χ2v) is 16.1. The summed E-state index contributed by atoms with van der Waals surface area (Å²) in [5, 5.41) is 4.91. The van der Waals surface area contributed by atoms with Crippen LogP contribution in [0.1, 0.15) is 36.5 Å². The lowest BCUT2D eigenvalue weighted by Gasteiger charge is -2.42. The Balaban J connectivity index is 1.04. The largest absolute Gasteiger partial charge is 0.497 e. The molecule has 1 atom stereocenters. The van der Waals surface area contributed by atoms with Gasteiger partial charge in [0.05, 0.1) is 36.3 Å². The Labute approximate surface area is 338 Å². The maximum absolute atomic E-state index is 5.86. The number of ether oxygens (including phenoxy) is 2. The molecule has 1 aliphatic carbocycles. The minimum atomic E-state index is -0.201. The molecule has 10 aromatic rings. The summed E-state index contributed by atoms with van der Waals surface area (Å²) in [6, 6.07) is 64.3. The van der Waals surface area contributed by atoms with E-state index in [2.05, 4.69) is 193 Å². The van der Waals surface area contributed by atoms with Crippen molar-refractivity contribution < 1.29 is 9.47 Å². The molecule has 0 amide bonds. The van der Waals surface area contributed by atoms with E-state index in [1.54, 1.807) is 14.2 Å². The zero-order chi connectivity index (χ0) is 39.1. The van der Waals surface area contributed by atoms with Gasteiger partial charge in [0, 0.05) is 44.3 Å². The molecule has 0 fully saturated rings. The van der Waals surface area contributed by atoms with Crippen molar-refractivity contribution in [2.45, 2.75) is 25.2 Å². The summed E-state index contributed by atoms with van der Waals surface area (Å²) in [6.07, 6.45) is 0. The molecule has 4 nitrogen and oxygen atoms in total. The van der Waals surface area contributed by atoms with Crippen LogP contribution >= 0.6 is 0 Å². The van der Waals surface area contributed by atoms with Crippen molar-refractivity contribution in [1.82, 2.24) is 9.13 Å². The van der Waals surface area contributed by atoms with Crippen LogP contribution in [-0.2, 0) is 5.41 Å². The maximum atomic E-state index is 5.86. The van der Waals surface area contributed by atoms with Gasteiger partial charge < -0.3 is 18.6 Å². The molecule has 0 radical (unpaired) electrons. The van der Waals surface area contributed by atoms with Crippen LogP contribution in [0, 0.1) is 0 Å². The van der Waals surface area contributed by atoms with Gasteiger partial charge in [-0.3, -0.25) is 0 Å². The van der Waals surface area contributed by atoms with Crippen LogP contribution in [0.5, 0.6) is 11.5 Å². The lowest BCUT2D eigenvalue weighted by atomic mass is 9.61. The molecule has 8 aromatic carbocycles. The minimum Gasteiger partial charge on any atom is -0.497 e. The van der Waals surface area contributed by atoms with Gasteiger partial charge in [-0.25, -0.2) is 0 Å². The van der Waals surface area contributed by atoms with Crippen molar-refractivity contribution in [1.29, 1.82) is 0 Å². The fraction of sp³-hybridized carbons (Fsp3) is 0.111. The summed E-state index contributed by atoms with van der Waals surface area (Å²) in [7, 11) is 3.49. The molecule has 280 valence electrons. The van der Waals surface area contributed by atoms with Crippen molar-refractivity contribution in [3.05, 3.63) is 193 Å². The zero-order valence-electron chi connectivity index (χ0n) is 33.0. The van der Waals surface area contributed by atoms with E-state index in [0.717, 1.165) is 28.4 Å². The molecular weight excluding hydrogens is 709 g/mol. The summed E-state index contributed by atoms with van der Waals surface area (Å²) >= 11 is 0. The van der Waals surface area contributed by atoms with E-state index >= 15 is 0 Å². The number of benzene rings is 8. The first kappa shape index (κ1) is 34.2. The van der Waals surface area contributed by atoms with E-state index in [1.807, 2.05) is 6.07 Å². The van der Waals surface area contributed by atoms with Crippen LogP contribution in [0.3, 0.4) is 0 Å². The molecule has 0 N–H and O–H groups in total. The molecular formula is C54H42N2O2. The molecule has 0 spiro atoms. The monoisotopic (exact) mass is 750 g/mol. The number of fused-ring (bicyclic) bond motifs is 9. The van der Waals surface area contributed by atoms with Gasteiger partial charge in [-0.2, -0.15) is 0 Å². The summed E-state index contributed by atoms with van der Waals surface area (Å²) in [6.45, 7) is 4.81. The number of methoxy groups -OCH3 is 2.